The zero-order valence-electron chi connectivity index (χ0n) is 7.89. The first kappa shape index (κ1) is 12.6. The van der Waals surface area contributed by atoms with E-state index in [0.29, 0.717) is 0 Å². The van der Waals surface area contributed by atoms with Gasteiger partial charge in [-0.15, -0.1) is 0 Å². The first-order chi connectivity index (χ1) is 4.54. The Hall–Kier alpha value is -0.0800. The molecule has 64 valence electrons. The van der Waals surface area contributed by atoms with E-state index in [1.165, 1.54) is 0 Å². The van der Waals surface area contributed by atoms with Gasteiger partial charge in [0.2, 0.25) is 0 Å². The molecule has 0 aromatic carbocycles. The van der Waals surface area contributed by atoms with Crippen LogP contribution in [-0.4, -0.2) is 36.2 Å². The molecule has 0 unspecified atom stereocenters. The van der Waals surface area contributed by atoms with Gasteiger partial charge in [-0.3, -0.25) is 0 Å². The topological polar surface area (TPSA) is 23.5 Å². The van der Waals surface area contributed by atoms with Crippen molar-refractivity contribution in [1.29, 1.82) is 0 Å². The standard InChI is InChI=1S/C5H13N.C3H8O/c1-4-6(3)5-2;1-3(2)4/h4-5H2,1-3H3;3-4H,1-2H3. The van der Waals surface area contributed by atoms with Gasteiger partial charge in [-0.2, -0.15) is 0 Å². The van der Waals surface area contributed by atoms with E-state index in [-0.39, 0.29) is 6.10 Å². The van der Waals surface area contributed by atoms with Crippen LogP contribution in [0, 0.1) is 0 Å². The van der Waals surface area contributed by atoms with Crippen LogP contribution >= 0.6 is 0 Å². The maximum Gasteiger partial charge on any atom is 0.0483 e. The molecule has 2 nitrogen and oxygen atoms in total. The second kappa shape index (κ2) is 8.92. The molecule has 0 heterocycles. The van der Waals surface area contributed by atoms with E-state index in [9.17, 15) is 0 Å². The Kier molecular flexibility index (Phi) is 11.2. The normalized spacial score (nSPS) is 9.60. The van der Waals surface area contributed by atoms with Crippen LogP contribution in [0.5, 0.6) is 0 Å². The molecule has 0 aliphatic rings. The van der Waals surface area contributed by atoms with Crippen LogP contribution in [0.25, 0.3) is 0 Å². The van der Waals surface area contributed by atoms with Gasteiger partial charge < -0.3 is 10.0 Å². The molecule has 0 bridgehead atoms. The van der Waals surface area contributed by atoms with Crippen molar-refractivity contribution in [3.8, 4) is 0 Å². The average Bonchev–Trinajstić information content (AvgIpc) is 1.85. The average molecular weight is 147 g/mol. The molecule has 0 rings (SSSR count). The molecule has 0 radical (unpaired) electrons. The van der Waals surface area contributed by atoms with Crippen LogP contribution in [0.2, 0.25) is 0 Å². The largest absolute Gasteiger partial charge is 0.394 e. The summed E-state index contributed by atoms with van der Waals surface area (Å²) in [5.41, 5.74) is 0. The van der Waals surface area contributed by atoms with Crippen molar-refractivity contribution in [2.45, 2.75) is 33.8 Å². The Morgan fingerprint density at radius 3 is 1.40 bits per heavy atom. The van der Waals surface area contributed by atoms with E-state index in [4.69, 9.17) is 5.11 Å². The molecule has 0 saturated carbocycles. The summed E-state index contributed by atoms with van der Waals surface area (Å²) >= 11 is 0. The fraction of sp³-hybridized carbons (Fsp3) is 1.00. The molecule has 1 N–H and O–H groups in total. The predicted octanol–water partition coefficient (Wildman–Crippen LogP) is 1.35. The summed E-state index contributed by atoms with van der Waals surface area (Å²) in [5.74, 6) is 0. The lowest BCUT2D eigenvalue weighted by atomic mass is 10.5. The van der Waals surface area contributed by atoms with E-state index in [2.05, 4.69) is 25.8 Å². The summed E-state index contributed by atoms with van der Waals surface area (Å²) in [5, 5.41) is 8.06. The highest BCUT2D eigenvalue weighted by atomic mass is 16.3. The van der Waals surface area contributed by atoms with Crippen LogP contribution in [0.4, 0.5) is 0 Å². The van der Waals surface area contributed by atoms with Gasteiger partial charge in [-0.25, -0.2) is 0 Å². The Morgan fingerprint density at radius 2 is 1.40 bits per heavy atom. The third kappa shape index (κ3) is 24.7. The number of rotatable bonds is 2. The maximum absolute atomic E-state index is 8.06. The molecule has 0 atom stereocenters. The van der Waals surface area contributed by atoms with Gasteiger partial charge >= 0.3 is 0 Å². The summed E-state index contributed by atoms with van der Waals surface area (Å²) < 4.78 is 0. The first-order valence-corrected chi connectivity index (χ1v) is 3.91. The van der Waals surface area contributed by atoms with E-state index in [1.807, 2.05) is 0 Å². The molecular formula is C8H21NO. The molecule has 0 amide bonds. The summed E-state index contributed by atoms with van der Waals surface area (Å²) in [6, 6.07) is 0. The smallest absolute Gasteiger partial charge is 0.0483 e. The van der Waals surface area contributed by atoms with Gasteiger partial charge in [-0.05, 0) is 34.0 Å². The summed E-state index contributed by atoms with van der Waals surface area (Å²) in [6.45, 7) is 10.1. The number of nitrogens with zero attached hydrogens (tertiary/aromatic N) is 1. The predicted molar refractivity (Wildman–Crippen MR) is 46.2 cm³/mol. The summed E-state index contributed by atoms with van der Waals surface area (Å²) in [6.07, 6.45) is -0.167. The van der Waals surface area contributed by atoms with E-state index in [0.717, 1.165) is 13.1 Å². The van der Waals surface area contributed by atoms with Crippen molar-refractivity contribution < 1.29 is 5.11 Å². The molecule has 0 aliphatic heterocycles. The number of hydrogen-bond acceptors (Lipinski definition) is 2. The third-order valence-corrected chi connectivity index (χ3v) is 1.08. The maximum atomic E-state index is 8.06. The van der Waals surface area contributed by atoms with Crippen LogP contribution in [-0.2, 0) is 0 Å². The number of aliphatic hydroxyl groups is 1. The van der Waals surface area contributed by atoms with Crippen molar-refractivity contribution in [2.75, 3.05) is 20.1 Å². The van der Waals surface area contributed by atoms with Crippen LogP contribution < -0.4 is 0 Å². The number of hydrogen-bond donors (Lipinski definition) is 1. The minimum atomic E-state index is -0.167. The Bertz CT molecular complexity index is 48.5. The Morgan fingerprint density at radius 1 is 1.20 bits per heavy atom. The summed E-state index contributed by atoms with van der Waals surface area (Å²) in [4.78, 5) is 2.25. The highest BCUT2D eigenvalue weighted by Crippen LogP contribution is 1.73. The fourth-order valence-corrected chi connectivity index (χ4v) is 0.224. The monoisotopic (exact) mass is 147 g/mol. The van der Waals surface area contributed by atoms with Crippen LogP contribution in [0.1, 0.15) is 27.7 Å². The van der Waals surface area contributed by atoms with Gasteiger partial charge in [-0.1, -0.05) is 13.8 Å². The minimum absolute atomic E-state index is 0.167. The second-order valence-corrected chi connectivity index (χ2v) is 2.58. The van der Waals surface area contributed by atoms with Crippen molar-refractivity contribution in [1.82, 2.24) is 4.90 Å². The lowest BCUT2D eigenvalue weighted by molar-refractivity contribution is 0.216. The molecule has 0 aromatic rings. The SMILES string of the molecule is CC(C)O.CCN(C)CC. The highest BCUT2D eigenvalue weighted by molar-refractivity contribution is 4.36. The van der Waals surface area contributed by atoms with Crippen molar-refractivity contribution in [2.24, 2.45) is 0 Å². The minimum Gasteiger partial charge on any atom is -0.394 e. The fourth-order valence-electron chi connectivity index (χ4n) is 0.224. The van der Waals surface area contributed by atoms with Gasteiger partial charge in [0.05, 0.1) is 0 Å². The van der Waals surface area contributed by atoms with E-state index < -0.39 is 0 Å². The quantitative estimate of drug-likeness (QED) is 0.637. The molecule has 0 aromatic heterocycles. The molecular weight excluding hydrogens is 126 g/mol. The first-order valence-electron chi connectivity index (χ1n) is 3.91. The number of aliphatic hydroxyl groups excluding tert-OH is 1. The van der Waals surface area contributed by atoms with Crippen molar-refractivity contribution >= 4 is 0 Å². The second-order valence-electron chi connectivity index (χ2n) is 2.58. The van der Waals surface area contributed by atoms with Crippen LogP contribution in [0.3, 0.4) is 0 Å². The van der Waals surface area contributed by atoms with E-state index >= 15 is 0 Å². The molecule has 0 saturated heterocycles. The molecule has 0 spiro atoms. The Labute approximate surface area is 64.9 Å². The van der Waals surface area contributed by atoms with Gasteiger partial charge in [0.25, 0.3) is 0 Å². The van der Waals surface area contributed by atoms with Gasteiger partial charge in [0.1, 0.15) is 0 Å². The van der Waals surface area contributed by atoms with Crippen molar-refractivity contribution in [3.05, 3.63) is 0 Å². The lowest BCUT2D eigenvalue weighted by Gasteiger charge is -2.07. The molecule has 0 fully saturated rings. The van der Waals surface area contributed by atoms with E-state index in [1.54, 1.807) is 13.8 Å². The highest BCUT2D eigenvalue weighted by Gasteiger charge is 1.81. The lowest BCUT2D eigenvalue weighted by Crippen LogP contribution is -2.15. The molecule has 0 aliphatic carbocycles. The zero-order chi connectivity index (χ0) is 8.57. The van der Waals surface area contributed by atoms with Crippen LogP contribution in [0.15, 0.2) is 0 Å². The van der Waals surface area contributed by atoms with Gasteiger partial charge in [0, 0.05) is 6.10 Å². The summed E-state index contributed by atoms with van der Waals surface area (Å²) in [7, 11) is 2.11. The van der Waals surface area contributed by atoms with Crippen molar-refractivity contribution in [3.63, 3.8) is 0 Å². The van der Waals surface area contributed by atoms with Gasteiger partial charge in [0.15, 0.2) is 0 Å². The zero-order valence-corrected chi connectivity index (χ0v) is 7.89. The molecule has 10 heavy (non-hydrogen) atoms. The third-order valence-electron chi connectivity index (χ3n) is 1.08. The molecule has 2 heteroatoms. The Balaban J connectivity index is 0.